The number of pyridine rings is 1. The van der Waals surface area contributed by atoms with E-state index in [0.717, 1.165) is 11.3 Å². The molecule has 1 unspecified atom stereocenters. The minimum atomic E-state index is -0.0429. The average Bonchev–Trinajstić information content (AvgIpc) is 2.46. The van der Waals surface area contributed by atoms with Crippen molar-refractivity contribution in [3.8, 4) is 0 Å². The molecule has 2 N–H and O–H groups in total. The molecule has 2 rings (SSSR count). The van der Waals surface area contributed by atoms with Crippen LogP contribution in [0.4, 0.5) is 0 Å². The molecule has 0 aromatic carbocycles. The highest BCUT2D eigenvalue weighted by Gasteiger charge is 2.05. The Labute approximate surface area is 81.1 Å². The fourth-order valence-corrected chi connectivity index (χ4v) is 1.35. The Morgan fingerprint density at radius 2 is 2.38 bits per heavy atom. The predicted octanol–water partition coefficient (Wildman–Crippen LogP) is 2.01. The predicted molar refractivity (Wildman–Crippen MR) is 52.8 cm³/mol. The third-order valence-corrected chi connectivity index (χ3v) is 2.14. The smallest absolute Gasteiger partial charge is 0.138 e. The number of imidazole rings is 1. The van der Waals surface area contributed by atoms with Crippen LogP contribution in [0, 0.1) is 0 Å². The summed E-state index contributed by atoms with van der Waals surface area (Å²) in [6, 6.07) is 3.59. The van der Waals surface area contributed by atoms with Crippen molar-refractivity contribution in [2.24, 2.45) is 5.73 Å². The molecule has 2 aromatic rings. The fourth-order valence-electron chi connectivity index (χ4n) is 1.20. The first-order valence-electron chi connectivity index (χ1n) is 4.06. The lowest BCUT2D eigenvalue weighted by atomic mass is 10.3. The molecule has 13 heavy (non-hydrogen) atoms. The summed E-state index contributed by atoms with van der Waals surface area (Å²) in [5, 5.41) is 0.689. The van der Waals surface area contributed by atoms with Crippen LogP contribution in [0.1, 0.15) is 18.7 Å². The number of rotatable bonds is 1. The second-order valence-corrected chi connectivity index (χ2v) is 3.50. The minimum absolute atomic E-state index is 0.0429. The maximum Gasteiger partial charge on any atom is 0.138 e. The first-order chi connectivity index (χ1) is 6.16. The van der Waals surface area contributed by atoms with Gasteiger partial charge in [0, 0.05) is 23.5 Å². The largest absolute Gasteiger partial charge is 0.323 e. The van der Waals surface area contributed by atoms with Gasteiger partial charge >= 0.3 is 0 Å². The maximum atomic E-state index is 5.82. The second kappa shape index (κ2) is 3.01. The van der Waals surface area contributed by atoms with E-state index in [4.69, 9.17) is 17.3 Å². The van der Waals surface area contributed by atoms with E-state index < -0.39 is 0 Å². The molecule has 1 atom stereocenters. The van der Waals surface area contributed by atoms with E-state index in [9.17, 15) is 0 Å². The van der Waals surface area contributed by atoms with E-state index in [2.05, 4.69) is 4.98 Å². The van der Waals surface area contributed by atoms with Crippen molar-refractivity contribution in [2.75, 3.05) is 0 Å². The van der Waals surface area contributed by atoms with Gasteiger partial charge in [-0.1, -0.05) is 11.6 Å². The molecule has 68 valence electrons. The lowest BCUT2D eigenvalue weighted by Crippen LogP contribution is -2.04. The quantitative estimate of drug-likeness (QED) is 0.757. The van der Waals surface area contributed by atoms with Gasteiger partial charge in [0.15, 0.2) is 0 Å². The Bertz CT molecular complexity index is 433. The Morgan fingerprint density at radius 1 is 1.62 bits per heavy atom. The van der Waals surface area contributed by atoms with E-state index in [1.54, 1.807) is 0 Å². The normalized spacial score (nSPS) is 13.5. The Balaban J connectivity index is 2.62. The summed E-state index contributed by atoms with van der Waals surface area (Å²) in [4.78, 5) is 4.33. The van der Waals surface area contributed by atoms with E-state index in [-0.39, 0.29) is 6.04 Å². The van der Waals surface area contributed by atoms with E-state index in [1.807, 2.05) is 35.9 Å². The van der Waals surface area contributed by atoms with Crippen molar-refractivity contribution in [3.05, 3.63) is 35.2 Å². The molecular formula is C9H10ClN3. The molecule has 0 radical (unpaired) electrons. The van der Waals surface area contributed by atoms with Crippen molar-refractivity contribution in [1.82, 2.24) is 9.38 Å². The number of fused-ring (bicyclic) bond motifs is 1. The molecule has 0 saturated carbocycles. The molecule has 0 spiro atoms. The minimum Gasteiger partial charge on any atom is -0.323 e. The second-order valence-electron chi connectivity index (χ2n) is 3.06. The average molecular weight is 196 g/mol. The third-order valence-electron chi connectivity index (χ3n) is 1.91. The number of hydrogen-bond acceptors (Lipinski definition) is 2. The van der Waals surface area contributed by atoms with Gasteiger partial charge in [0.1, 0.15) is 5.65 Å². The van der Waals surface area contributed by atoms with Gasteiger partial charge in [-0.05, 0) is 19.1 Å². The van der Waals surface area contributed by atoms with Crippen LogP contribution in [0.15, 0.2) is 24.5 Å². The zero-order chi connectivity index (χ0) is 9.42. The van der Waals surface area contributed by atoms with Crippen molar-refractivity contribution in [3.63, 3.8) is 0 Å². The van der Waals surface area contributed by atoms with E-state index in [0.29, 0.717) is 5.02 Å². The zero-order valence-corrected chi connectivity index (χ0v) is 7.99. The van der Waals surface area contributed by atoms with Gasteiger partial charge in [-0.15, -0.1) is 0 Å². The monoisotopic (exact) mass is 195 g/mol. The van der Waals surface area contributed by atoms with Gasteiger partial charge in [-0.25, -0.2) is 4.98 Å². The summed E-state index contributed by atoms with van der Waals surface area (Å²) in [6.45, 7) is 1.91. The molecule has 0 aliphatic rings. The van der Waals surface area contributed by atoms with Gasteiger partial charge in [0.25, 0.3) is 0 Å². The van der Waals surface area contributed by atoms with E-state index >= 15 is 0 Å². The summed E-state index contributed by atoms with van der Waals surface area (Å²) in [6.07, 6.45) is 3.78. The lowest BCUT2D eigenvalue weighted by Gasteiger charge is -1.95. The van der Waals surface area contributed by atoms with Crippen molar-refractivity contribution in [1.29, 1.82) is 0 Å². The highest BCUT2D eigenvalue weighted by molar-refractivity contribution is 6.30. The maximum absolute atomic E-state index is 5.82. The molecule has 4 heteroatoms. The number of hydrogen-bond donors (Lipinski definition) is 1. The molecule has 2 heterocycles. The number of nitrogens with two attached hydrogens (primary N) is 1. The van der Waals surface area contributed by atoms with Crippen molar-refractivity contribution < 1.29 is 0 Å². The zero-order valence-electron chi connectivity index (χ0n) is 7.24. The standard InChI is InChI=1S/C9H10ClN3/c1-6(11)8-5-13-3-2-7(10)4-9(13)12-8/h2-6H,11H2,1H3. The van der Waals surface area contributed by atoms with Crippen LogP contribution >= 0.6 is 11.6 Å². The lowest BCUT2D eigenvalue weighted by molar-refractivity contribution is 0.790. The van der Waals surface area contributed by atoms with Crippen LogP contribution in [-0.4, -0.2) is 9.38 Å². The van der Waals surface area contributed by atoms with Crippen LogP contribution in [0.5, 0.6) is 0 Å². The van der Waals surface area contributed by atoms with Gasteiger partial charge in [0.05, 0.1) is 5.69 Å². The number of aromatic nitrogens is 2. The molecule has 0 aliphatic carbocycles. The van der Waals surface area contributed by atoms with Crippen LogP contribution in [0.2, 0.25) is 5.02 Å². The first kappa shape index (κ1) is 8.53. The van der Waals surface area contributed by atoms with Gasteiger partial charge < -0.3 is 10.1 Å². The van der Waals surface area contributed by atoms with Crippen LogP contribution in [0.3, 0.4) is 0 Å². The van der Waals surface area contributed by atoms with Crippen LogP contribution in [-0.2, 0) is 0 Å². The Kier molecular flexibility index (Phi) is 1.98. The van der Waals surface area contributed by atoms with Gasteiger partial charge in [0.2, 0.25) is 0 Å². The number of halogens is 1. The Hall–Kier alpha value is -1.06. The highest BCUT2D eigenvalue weighted by Crippen LogP contribution is 2.14. The molecule has 0 fully saturated rings. The molecule has 2 aromatic heterocycles. The summed E-state index contributed by atoms with van der Waals surface area (Å²) in [5.74, 6) is 0. The summed E-state index contributed by atoms with van der Waals surface area (Å²) in [7, 11) is 0. The fraction of sp³-hybridized carbons (Fsp3) is 0.222. The molecule has 0 amide bonds. The highest BCUT2D eigenvalue weighted by atomic mass is 35.5. The van der Waals surface area contributed by atoms with Crippen molar-refractivity contribution in [2.45, 2.75) is 13.0 Å². The first-order valence-corrected chi connectivity index (χ1v) is 4.44. The van der Waals surface area contributed by atoms with Crippen LogP contribution in [0.25, 0.3) is 5.65 Å². The summed E-state index contributed by atoms with van der Waals surface area (Å²) < 4.78 is 1.91. The molecule has 3 nitrogen and oxygen atoms in total. The topological polar surface area (TPSA) is 43.3 Å². The van der Waals surface area contributed by atoms with Gasteiger partial charge in [-0.3, -0.25) is 0 Å². The van der Waals surface area contributed by atoms with E-state index in [1.165, 1.54) is 0 Å². The summed E-state index contributed by atoms with van der Waals surface area (Å²) in [5.41, 5.74) is 7.42. The van der Waals surface area contributed by atoms with Crippen LogP contribution < -0.4 is 5.73 Å². The number of nitrogens with zero attached hydrogens (tertiary/aromatic N) is 2. The molecule has 0 saturated heterocycles. The molecule has 0 aliphatic heterocycles. The third kappa shape index (κ3) is 1.53. The van der Waals surface area contributed by atoms with Crippen molar-refractivity contribution >= 4 is 17.2 Å². The molecule has 0 bridgehead atoms. The molecular weight excluding hydrogens is 186 g/mol. The summed E-state index contributed by atoms with van der Waals surface area (Å²) >= 11 is 5.82. The SMILES string of the molecule is CC(N)c1cn2ccc(Cl)cc2n1. The Morgan fingerprint density at radius 3 is 3.08 bits per heavy atom. The van der Waals surface area contributed by atoms with Gasteiger partial charge in [-0.2, -0.15) is 0 Å².